The van der Waals surface area contributed by atoms with Crippen molar-refractivity contribution in [1.82, 2.24) is 5.32 Å². The molecule has 2 amide bonds. The lowest BCUT2D eigenvalue weighted by molar-refractivity contribution is -0.150. The second-order valence-corrected chi connectivity index (χ2v) is 8.32. The van der Waals surface area contributed by atoms with Crippen LogP contribution in [-0.2, 0) is 14.3 Å². The highest BCUT2D eigenvalue weighted by Crippen LogP contribution is 2.20. The fraction of sp³-hybridized carbons (Fsp3) is 0.192. The summed E-state index contributed by atoms with van der Waals surface area (Å²) >= 11 is 6.06. The van der Waals surface area contributed by atoms with Crippen LogP contribution in [0.3, 0.4) is 0 Å². The first-order valence-corrected chi connectivity index (χ1v) is 11.3. The lowest BCUT2D eigenvalue weighted by atomic mass is 10.0. The summed E-state index contributed by atoms with van der Waals surface area (Å²) in [6, 6.07) is 21.6. The SMILES string of the molecule is CC(C)C(NC(=O)c1ccccc1Cl)C(=O)OCC(=O)Nc1ccc(N=Nc2ccccc2)cc1. The lowest BCUT2D eigenvalue weighted by Gasteiger charge is -2.21. The fourth-order valence-corrected chi connectivity index (χ4v) is 3.23. The monoisotopic (exact) mass is 492 g/mol. The predicted octanol–water partition coefficient (Wildman–Crippen LogP) is 5.69. The zero-order valence-electron chi connectivity index (χ0n) is 19.3. The van der Waals surface area contributed by atoms with Crippen molar-refractivity contribution >= 4 is 46.4 Å². The number of hydrogen-bond acceptors (Lipinski definition) is 6. The lowest BCUT2D eigenvalue weighted by Crippen LogP contribution is -2.46. The molecule has 2 N–H and O–H groups in total. The van der Waals surface area contributed by atoms with Crippen molar-refractivity contribution in [2.75, 3.05) is 11.9 Å². The Morgan fingerprint density at radius 1 is 0.857 bits per heavy atom. The van der Waals surface area contributed by atoms with E-state index < -0.39 is 30.4 Å². The highest BCUT2D eigenvalue weighted by Gasteiger charge is 2.27. The van der Waals surface area contributed by atoms with Gasteiger partial charge in [-0.15, -0.1) is 0 Å². The maximum atomic E-state index is 12.6. The minimum absolute atomic E-state index is 0.247. The molecular weight excluding hydrogens is 468 g/mol. The molecule has 3 rings (SSSR count). The van der Waals surface area contributed by atoms with E-state index in [-0.39, 0.29) is 16.5 Å². The number of esters is 1. The number of nitrogens with zero attached hydrogens (tertiary/aromatic N) is 2. The quantitative estimate of drug-likeness (QED) is 0.295. The van der Waals surface area contributed by atoms with Gasteiger partial charge < -0.3 is 15.4 Å². The highest BCUT2D eigenvalue weighted by atomic mass is 35.5. The fourth-order valence-electron chi connectivity index (χ4n) is 3.01. The van der Waals surface area contributed by atoms with E-state index in [0.29, 0.717) is 11.4 Å². The zero-order valence-corrected chi connectivity index (χ0v) is 20.0. The maximum absolute atomic E-state index is 12.6. The minimum atomic E-state index is -0.944. The van der Waals surface area contributed by atoms with Crippen LogP contribution in [0.2, 0.25) is 5.02 Å². The van der Waals surface area contributed by atoms with E-state index in [1.165, 1.54) is 0 Å². The van der Waals surface area contributed by atoms with Crippen molar-refractivity contribution in [3.8, 4) is 0 Å². The van der Waals surface area contributed by atoms with Gasteiger partial charge >= 0.3 is 5.97 Å². The van der Waals surface area contributed by atoms with Crippen LogP contribution in [0.15, 0.2) is 89.1 Å². The van der Waals surface area contributed by atoms with Gasteiger partial charge in [-0.05, 0) is 54.4 Å². The molecule has 0 fully saturated rings. The Kier molecular flexibility index (Phi) is 9.09. The number of anilines is 1. The maximum Gasteiger partial charge on any atom is 0.329 e. The molecule has 0 spiro atoms. The number of azo groups is 1. The van der Waals surface area contributed by atoms with Crippen molar-refractivity contribution in [1.29, 1.82) is 0 Å². The molecule has 0 aliphatic carbocycles. The number of rotatable bonds is 9. The van der Waals surface area contributed by atoms with Crippen LogP contribution < -0.4 is 10.6 Å². The molecule has 0 aromatic heterocycles. The van der Waals surface area contributed by atoms with Crippen LogP contribution in [0.1, 0.15) is 24.2 Å². The molecule has 1 unspecified atom stereocenters. The van der Waals surface area contributed by atoms with Gasteiger partial charge in [0, 0.05) is 5.69 Å². The van der Waals surface area contributed by atoms with E-state index in [1.807, 2.05) is 30.3 Å². The number of benzene rings is 3. The van der Waals surface area contributed by atoms with Crippen LogP contribution >= 0.6 is 11.6 Å². The average Bonchev–Trinajstić information content (AvgIpc) is 2.86. The summed E-state index contributed by atoms with van der Waals surface area (Å²) in [5.41, 5.74) is 2.11. The smallest absolute Gasteiger partial charge is 0.329 e. The van der Waals surface area contributed by atoms with Crippen LogP contribution in [0.4, 0.5) is 17.1 Å². The van der Waals surface area contributed by atoms with Gasteiger partial charge in [-0.3, -0.25) is 9.59 Å². The Labute approximate surface area is 208 Å². The number of ether oxygens (including phenoxy) is 1. The van der Waals surface area contributed by atoms with Crippen LogP contribution in [0.5, 0.6) is 0 Å². The number of carbonyl (C=O) groups is 3. The van der Waals surface area contributed by atoms with Gasteiger partial charge in [0.1, 0.15) is 6.04 Å². The van der Waals surface area contributed by atoms with E-state index in [4.69, 9.17) is 16.3 Å². The van der Waals surface area contributed by atoms with Crippen molar-refractivity contribution in [3.63, 3.8) is 0 Å². The molecule has 0 aliphatic heterocycles. The molecule has 0 saturated heterocycles. The topological polar surface area (TPSA) is 109 Å². The summed E-state index contributed by atoms with van der Waals surface area (Å²) < 4.78 is 5.15. The molecule has 0 heterocycles. The van der Waals surface area contributed by atoms with Gasteiger partial charge in [0.05, 0.1) is 22.0 Å². The summed E-state index contributed by atoms with van der Waals surface area (Å²) in [6.45, 7) is 3.02. The highest BCUT2D eigenvalue weighted by molar-refractivity contribution is 6.33. The predicted molar refractivity (Wildman–Crippen MR) is 134 cm³/mol. The number of nitrogens with one attached hydrogen (secondary N) is 2. The van der Waals surface area contributed by atoms with Crippen LogP contribution in [-0.4, -0.2) is 30.4 Å². The molecule has 3 aromatic carbocycles. The Morgan fingerprint density at radius 3 is 2.09 bits per heavy atom. The second kappa shape index (κ2) is 12.4. The van der Waals surface area contributed by atoms with E-state index in [9.17, 15) is 14.4 Å². The van der Waals surface area contributed by atoms with Crippen LogP contribution in [0.25, 0.3) is 0 Å². The number of halogens is 1. The van der Waals surface area contributed by atoms with E-state index in [2.05, 4.69) is 20.9 Å². The average molecular weight is 493 g/mol. The molecule has 9 heteroatoms. The first-order chi connectivity index (χ1) is 16.8. The molecule has 8 nitrogen and oxygen atoms in total. The summed E-state index contributed by atoms with van der Waals surface area (Å²) in [5, 5.41) is 13.8. The molecule has 3 aromatic rings. The van der Waals surface area contributed by atoms with Crippen molar-refractivity contribution in [2.45, 2.75) is 19.9 Å². The van der Waals surface area contributed by atoms with Gasteiger partial charge in [-0.25, -0.2) is 4.79 Å². The Hall–Kier alpha value is -4.04. The molecule has 0 aliphatic rings. The van der Waals surface area contributed by atoms with E-state index >= 15 is 0 Å². The second-order valence-electron chi connectivity index (χ2n) is 7.91. The standard InChI is InChI=1S/C26H25ClN4O4/c1-17(2)24(29-25(33)21-10-6-7-11-22(21)27)26(34)35-16-23(32)28-18-12-14-20(15-13-18)31-30-19-8-4-3-5-9-19/h3-15,17,24H,16H2,1-2H3,(H,28,32)(H,29,33). The first kappa shape index (κ1) is 25.6. The third kappa shape index (κ3) is 7.75. The Morgan fingerprint density at radius 2 is 1.46 bits per heavy atom. The number of hydrogen-bond donors (Lipinski definition) is 2. The van der Waals surface area contributed by atoms with Gasteiger partial charge in [0.15, 0.2) is 6.61 Å². The van der Waals surface area contributed by atoms with Gasteiger partial charge in [-0.2, -0.15) is 10.2 Å². The van der Waals surface area contributed by atoms with E-state index in [1.54, 1.807) is 62.4 Å². The van der Waals surface area contributed by atoms with Crippen molar-refractivity contribution in [2.24, 2.45) is 16.1 Å². The molecule has 35 heavy (non-hydrogen) atoms. The summed E-state index contributed by atoms with van der Waals surface area (Å²) in [7, 11) is 0. The summed E-state index contributed by atoms with van der Waals surface area (Å²) in [5.74, 6) is -2.00. The third-order valence-corrected chi connectivity index (χ3v) is 5.19. The molecule has 0 radical (unpaired) electrons. The van der Waals surface area contributed by atoms with Crippen LogP contribution in [0, 0.1) is 5.92 Å². The third-order valence-electron chi connectivity index (χ3n) is 4.86. The van der Waals surface area contributed by atoms with E-state index in [0.717, 1.165) is 5.69 Å². The van der Waals surface area contributed by atoms with Crippen molar-refractivity contribution in [3.05, 3.63) is 89.4 Å². The molecule has 180 valence electrons. The number of amides is 2. The molecule has 0 saturated carbocycles. The Bertz CT molecular complexity index is 1200. The van der Waals surface area contributed by atoms with Gasteiger partial charge in [-0.1, -0.05) is 55.8 Å². The molecular formula is C26H25ClN4O4. The Balaban J connectivity index is 1.51. The minimum Gasteiger partial charge on any atom is -0.454 e. The molecule has 1 atom stereocenters. The summed E-state index contributed by atoms with van der Waals surface area (Å²) in [4.78, 5) is 37.3. The normalized spacial score (nSPS) is 11.8. The zero-order chi connectivity index (χ0) is 25.2. The summed E-state index contributed by atoms with van der Waals surface area (Å²) in [6.07, 6.45) is 0. The number of carbonyl (C=O) groups excluding carboxylic acids is 3. The van der Waals surface area contributed by atoms with Crippen molar-refractivity contribution < 1.29 is 19.1 Å². The first-order valence-electron chi connectivity index (χ1n) is 10.9. The van der Waals surface area contributed by atoms with Gasteiger partial charge in [0.2, 0.25) is 0 Å². The molecule has 0 bridgehead atoms. The van der Waals surface area contributed by atoms with Gasteiger partial charge in [0.25, 0.3) is 11.8 Å². The largest absolute Gasteiger partial charge is 0.454 e.